The van der Waals surface area contributed by atoms with Crippen molar-refractivity contribution in [1.82, 2.24) is 0 Å². The van der Waals surface area contributed by atoms with Crippen molar-refractivity contribution in [3.05, 3.63) is 0 Å². The van der Waals surface area contributed by atoms with Crippen molar-refractivity contribution in [2.45, 2.75) is 77.2 Å². The average Bonchev–Trinajstić information content (AvgIpc) is 2.99. The Hall–Kier alpha value is -1.14. The van der Waals surface area contributed by atoms with E-state index in [2.05, 4.69) is 4.89 Å². The van der Waals surface area contributed by atoms with E-state index in [0.717, 1.165) is 51.4 Å². The molecule has 5 aliphatic rings. The number of esters is 1. The first kappa shape index (κ1) is 20.1. The largest absolute Gasteiger partial charge is 0.481 e. The summed E-state index contributed by atoms with van der Waals surface area (Å²) in [5.74, 6) is -1.18. The summed E-state index contributed by atoms with van der Waals surface area (Å²) < 4.78 is 6.27. The Morgan fingerprint density at radius 3 is 2.11 bits per heavy atom. The van der Waals surface area contributed by atoms with Crippen molar-refractivity contribution in [1.29, 1.82) is 0 Å². The molecule has 6 nitrogen and oxygen atoms in total. The van der Waals surface area contributed by atoms with Gasteiger partial charge in [-0.3, -0.25) is 14.8 Å². The summed E-state index contributed by atoms with van der Waals surface area (Å²) in [4.78, 5) is 29.9. The first-order chi connectivity index (χ1) is 13.3. The standard InChI is InChI=1S/C22H34O6/c1-3-15-6-16(4-2)18(17(15)19(23)24)20(25)28-22-9-13-5-14(10-22)8-21(7-13,11-22)12-27-26/h13-18,26H,3-12H2,1-2H3,(H,23,24). The SMILES string of the molecule is CCC1CC(CC)C(C(=O)OC23CC4CC(CC(COO)(C4)C2)C3)C1C(=O)O. The van der Waals surface area contributed by atoms with E-state index in [9.17, 15) is 14.7 Å². The van der Waals surface area contributed by atoms with Gasteiger partial charge in [0.05, 0.1) is 18.4 Å². The Morgan fingerprint density at radius 1 is 0.964 bits per heavy atom. The molecule has 6 atom stereocenters. The van der Waals surface area contributed by atoms with E-state index in [-0.39, 0.29) is 23.2 Å². The number of hydrogen-bond acceptors (Lipinski definition) is 5. The number of ether oxygens (including phenoxy) is 1. The molecule has 5 aliphatic carbocycles. The molecule has 0 radical (unpaired) electrons. The van der Waals surface area contributed by atoms with Crippen LogP contribution in [0.4, 0.5) is 0 Å². The summed E-state index contributed by atoms with van der Waals surface area (Å²) in [6.07, 6.45) is 8.09. The molecule has 0 spiro atoms. The van der Waals surface area contributed by atoms with E-state index in [0.29, 0.717) is 18.4 Å². The van der Waals surface area contributed by atoms with Gasteiger partial charge >= 0.3 is 11.9 Å². The molecule has 0 aromatic heterocycles. The number of carboxylic acids is 1. The minimum Gasteiger partial charge on any atom is -0.481 e. The number of hydrogen-bond donors (Lipinski definition) is 2. The quantitative estimate of drug-likeness (QED) is 0.383. The lowest BCUT2D eigenvalue weighted by atomic mass is 9.48. The van der Waals surface area contributed by atoms with E-state index in [1.807, 2.05) is 13.8 Å². The third-order valence-electron chi connectivity index (χ3n) is 8.43. The molecule has 2 N–H and O–H groups in total. The zero-order valence-corrected chi connectivity index (χ0v) is 17.1. The molecule has 0 aromatic carbocycles. The first-order valence-electron chi connectivity index (χ1n) is 11.1. The second-order valence-electron chi connectivity index (χ2n) is 10.3. The zero-order chi connectivity index (χ0) is 20.1. The molecule has 5 fully saturated rings. The molecule has 6 unspecified atom stereocenters. The molecule has 4 bridgehead atoms. The number of carboxylic acid groups (broad SMARTS) is 1. The second kappa shape index (κ2) is 7.28. The highest BCUT2D eigenvalue weighted by Gasteiger charge is 2.61. The van der Waals surface area contributed by atoms with E-state index in [1.54, 1.807) is 0 Å². The Morgan fingerprint density at radius 2 is 1.57 bits per heavy atom. The van der Waals surface area contributed by atoms with Crippen molar-refractivity contribution in [2.75, 3.05) is 6.61 Å². The highest BCUT2D eigenvalue weighted by Crippen LogP contribution is 2.63. The lowest BCUT2D eigenvalue weighted by Crippen LogP contribution is -2.59. The van der Waals surface area contributed by atoms with E-state index < -0.39 is 23.4 Å². The van der Waals surface area contributed by atoms with Crippen LogP contribution in [0, 0.1) is 40.9 Å². The van der Waals surface area contributed by atoms with E-state index >= 15 is 0 Å². The highest BCUT2D eigenvalue weighted by molar-refractivity contribution is 5.82. The molecule has 0 heterocycles. The van der Waals surface area contributed by atoms with Gasteiger partial charge in [-0.05, 0) is 68.6 Å². The molecule has 0 saturated heterocycles. The molecular formula is C22H34O6. The fraction of sp³-hybridized carbons (Fsp3) is 0.909. The van der Waals surface area contributed by atoms with Gasteiger partial charge in [0, 0.05) is 5.41 Å². The normalized spacial score (nSPS) is 46.7. The molecule has 28 heavy (non-hydrogen) atoms. The van der Waals surface area contributed by atoms with Crippen LogP contribution in [0.25, 0.3) is 0 Å². The summed E-state index contributed by atoms with van der Waals surface area (Å²) in [5, 5.41) is 18.9. The molecule has 6 heteroatoms. The molecule has 0 aromatic rings. The summed E-state index contributed by atoms with van der Waals surface area (Å²) >= 11 is 0. The Balaban J connectivity index is 1.56. The Kier molecular flexibility index (Phi) is 5.24. The predicted octanol–water partition coefficient (Wildman–Crippen LogP) is 4.13. The van der Waals surface area contributed by atoms with Crippen LogP contribution < -0.4 is 0 Å². The number of rotatable bonds is 7. The zero-order valence-electron chi connectivity index (χ0n) is 17.1. The first-order valence-corrected chi connectivity index (χ1v) is 11.1. The third-order valence-corrected chi connectivity index (χ3v) is 8.43. The Labute approximate surface area is 166 Å². The summed E-state index contributed by atoms with van der Waals surface area (Å²) in [6.45, 7) is 4.36. The molecule has 0 amide bonds. The van der Waals surface area contributed by atoms with Crippen LogP contribution in [-0.2, 0) is 19.2 Å². The van der Waals surface area contributed by atoms with Crippen LogP contribution in [0.5, 0.6) is 0 Å². The molecule has 0 aliphatic heterocycles. The maximum absolute atomic E-state index is 13.4. The molecule has 5 saturated carbocycles. The van der Waals surface area contributed by atoms with Crippen molar-refractivity contribution in [3.63, 3.8) is 0 Å². The van der Waals surface area contributed by atoms with E-state index in [4.69, 9.17) is 9.99 Å². The van der Waals surface area contributed by atoms with Gasteiger partial charge in [0.25, 0.3) is 0 Å². The van der Waals surface area contributed by atoms with Gasteiger partial charge in [0.2, 0.25) is 0 Å². The average molecular weight is 395 g/mol. The third kappa shape index (κ3) is 3.26. The summed E-state index contributed by atoms with van der Waals surface area (Å²) in [6, 6.07) is 0. The van der Waals surface area contributed by atoms with Crippen LogP contribution in [0.1, 0.15) is 71.6 Å². The summed E-state index contributed by atoms with van der Waals surface area (Å²) in [5.41, 5.74) is -0.595. The Bertz CT molecular complexity index is 617. The number of carbonyl (C=O) groups excluding carboxylic acids is 1. The maximum atomic E-state index is 13.4. The van der Waals surface area contributed by atoms with Gasteiger partial charge in [0.15, 0.2) is 0 Å². The van der Waals surface area contributed by atoms with Crippen molar-refractivity contribution >= 4 is 11.9 Å². The van der Waals surface area contributed by atoms with Crippen LogP contribution in [0.15, 0.2) is 0 Å². The molecule has 5 rings (SSSR count). The highest BCUT2D eigenvalue weighted by atomic mass is 17.1. The molecular weight excluding hydrogens is 360 g/mol. The lowest BCUT2D eigenvalue weighted by Gasteiger charge is -2.61. The fourth-order valence-electron chi connectivity index (χ4n) is 7.88. The van der Waals surface area contributed by atoms with Crippen molar-refractivity contribution in [2.24, 2.45) is 40.9 Å². The van der Waals surface area contributed by atoms with Crippen molar-refractivity contribution < 1.29 is 29.6 Å². The predicted molar refractivity (Wildman–Crippen MR) is 101 cm³/mol. The second-order valence-corrected chi connectivity index (χ2v) is 10.3. The van der Waals surface area contributed by atoms with Gasteiger partial charge in [-0.25, -0.2) is 4.89 Å². The maximum Gasteiger partial charge on any atom is 0.310 e. The summed E-state index contributed by atoms with van der Waals surface area (Å²) in [7, 11) is 0. The number of carbonyl (C=O) groups is 2. The number of aliphatic carboxylic acids is 1. The van der Waals surface area contributed by atoms with Gasteiger partial charge in [0.1, 0.15) is 5.60 Å². The smallest absolute Gasteiger partial charge is 0.310 e. The van der Waals surface area contributed by atoms with E-state index in [1.165, 1.54) is 6.42 Å². The minimum absolute atomic E-state index is 0.0468. The van der Waals surface area contributed by atoms with Gasteiger partial charge in [-0.15, -0.1) is 0 Å². The minimum atomic E-state index is -0.861. The van der Waals surface area contributed by atoms with Gasteiger partial charge < -0.3 is 9.84 Å². The van der Waals surface area contributed by atoms with Crippen LogP contribution in [-0.4, -0.2) is 34.5 Å². The van der Waals surface area contributed by atoms with Gasteiger partial charge in [-0.2, -0.15) is 0 Å². The topological polar surface area (TPSA) is 93.1 Å². The van der Waals surface area contributed by atoms with Crippen LogP contribution >= 0.6 is 0 Å². The fourth-order valence-corrected chi connectivity index (χ4v) is 7.88. The van der Waals surface area contributed by atoms with Crippen LogP contribution in [0.3, 0.4) is 0 Å². The van der Waals surface area contributed by atoms with Gasteiger partial charge in [-0.1, -0.05) is 26.7 Å². The lowest BCUT2D eigenvalue weighted by molar-refractivity contribution is -0.289. The van der Waals surface area contributed by atoms with Crippen molar-refractivity contribution in [3.8, 4) is 0 Å². The monoisotopic (exact) mass is 394 g/mol. The van der Waals surface area contributed by atoms with Crippen LogP contribution in [0.2, 0.25) is 0 Å². The molecule has 158 valence electrons.